The predicted octanol–water partition coefficient (Wildman–Crippen LogP) is 1.95. The molecule has 6 nitrogen and oxygen atoms in total. The standard InChI is InChI=1S/C16H20N2O4S/c1-3-10(2)17-14(19)9-22-15(20)8-13-16(21)18-11-6-4-5-7-12(11)23-13/h4-7,10,13H,3,8-9H2,1-2H3,(H,17,19)(H,18,21)/t10-,13-/m0/s1. The van der Waals surface area contributed by atoms with Gasteiger partial charge in [0.15, 0.2) is 6.61 Å². The van der Waals surface area contributed by atoms with E-state index >= 15 is 0 Å². The zero-order valence-corrected chi connectivity index (χ0v) is 13.9. The number of nitrogens with one attached hydrogen (secondary N) is 2. The van der Waals surface area contributed by atoms with Crippen molar-refractivity contribution < 1.29 is 19.1 Å². The van der Waals surface area contributed by atoms with Gasteiger partial charge in [0.05, 0.1) is 17.4 Å². The molecule has 0 bridgehead atoms. The lowest BCUT2D eigenvalue weighted by Crippen LogP contribution is -2.36. The van der Waals surface area contributed by atoms with Gasteiger partial charge in [-0.25, -0.2) is 0 Å². The van der Waals surface area contributed by atoms with Gasteiger partial charge in [0.1, 0.15) is 0 Å². The molecule has 0 radical (unpaired) electrons. The molecule has 1 heterocycles. The Morgan fingerprint density at radius 3 is 2.87 bits per heavy atom. The Balaban J connectivity index is 1.82. The van der Waals surface area contributed by atoms with Crippen molar-refractivity contribution in [2.75, 3.05) is 11.9 Å². The number of fused-ring (bicyclic) bond motifs is 1. The summed E-state index contributed by atoms with van der Waals surface area (Å²) in [6.45, 7) is 3.51. The number of thioether (sulfide) groups is 1. The fourth-order valence-electron chi connectivity index (χ4n) is 2.00. The van der Waals surface area contributed by atoms with E-state index < -0.39 is 11.2 Å². The molecule has 23 heavy (non-hydrogen) atoms. The first kappa shape index (κ1) is 17.3. The van der Waals surface area contributed by atoms with Gasteiger partial charge in [-0.05, 0) is 25.5 Å². The van der Waals surface area contributed by atoms with Crippen LogP contribution in [0.3, 0.4) is 0 Å². The Bertz CT molecular complexity index is 605. The lowest BCUT2D eigenvalue weighted by atomic mass is 10.2. The first-order valence-electron chi connectivity index (χ1n) is 7.51. The number of amides is 2. The molecular formula is C16H20N2O4S. The van der Waals surface area contributed by atoms with Gasteiger partial charge in [0.25, 0.3) is 5.91 Å². The molecule has 0 aliphatic carbocycles. The quantitative estimate of drug-likeness (QED) is 0.776. The third-order valence-electron chi connectivity index (χ3n) is 3.44. The summed E-state index contributed by atoms with van der Waals surface area (Å²) in [5, 5.41) is 4.93. The maximum absolute atomic E-state index is 12.0. The third kappa shape index (κ3) is 4.99. The summed E-state index contributed by atoms with van der Waals surface area (Å²) in [6, 6.07) is 7.45. The van der Waals surface area contributed by atoms with Gasteiger partial charge in [0, 0.05) is 10.9 Å². The van der Waals surface area contributed by atoms with Crippen LogP contribution in [0.25, 0.3) is 0 Å². The molecule has 0 spiro atoms. The number of benzene rings is 1. The fraction of sp³-hybridized carbons (Fsp3) is 0.438. The Hall–Kier alpha value is -2.02. The van der Waals surface area contributed by atoms with E-state index in [1.54, 1.807) is 0 Å². The van der Waals surface area contributed by atoms with Gasteiger partial charge in [-0.3, -0.25) is 14.4 Å². The van der Waals surface area contributed by atoms with Crippen LogP contribution < -0.4 is 10.6 Å². The number of hydrogen-bond donors (Lipinski definition) is 2. The van der Waals surface area contributed by atoms with Crippen molar-refractivity contribution >= 4 is 35.2 Å². The third-order valence-corrected chi connectivity index (χ3v) is 4.72. The molecule has 2 atom stereocenters. The van der Waals surface area contributed by atoms with Gasteiger partial charge in [0.2, 0.25) is 5.91 Å². The second kappa shape index (κ2) is 8.01. The molecule has 2 rings (SSSR count). The number of rotatable bonds is 6. The molecule has 1 aliphatic rings. The molecule has 0 aromatic heterocycles. The van der Waals surface area contributed by atoms with E-state index in [1.807, 2.05) is 38.1 Å². The zero-order chi connectivity index (χ0) is 16.8. The first-order chi connectivity index (χ1) is 11.0. The Morgan fingerprint density at radius 1 is 1.39 bits per heavy atom. The van der Waals surface area contributed by atoms with Crippen molar-refractivity contribution in [3.8, 4) is 0 Å². The molecule has 1 aromatic rings. The van der Waals surface area contributed by atoms with Crippen molar-refractivity contribution in [3.05, 3.63) is 24.3 Å². The second-order valence-corrected chi connectivity index (χ2v) is 6.58. The van der Waals surface area contributed by atoms with Crippen LogP contribution in [0.5, 0.6) is 0 Å². The summed E-state index contributed by atoms with van der Waals surface area (Å²) in [7, 11) is 0. The Labute approximate surface area is 139 Å². The molecule has 0 unspecified atom stereocenters. The molecule has 1 aliphatic heterocycles. The van der Waals surface area contributed by atoms with Crippen molar-refractivity contribution in [1.29, 1.82) is 0 Å². The molecule has 1 aromatic carbocycles. The van der Waals surface area contributed by atoms with Gasteiger partial charge >= 0.3 is 5.97 Å². The molecule has 0 saturated heterocycles. The van der Waals surface area contributed by atoms with Crippen LogP contribution in [0.1, 0.15) is 26.7 Å². The van der Waals surface area contributed by atoms with E-state index in [0.29, 0.717) is 0 Å². The van der Waals surface area contributed by atoms with Crippen molar-refractivity contribution in [2.24, 2.45) is 0 Å². The lowest BCUT2D eigenvalue weighted by molar-refractivity contribution is -0.149. The largest absolute Gasteiger partial charge is 0.456 e. The number of hydrogen-bond acceptors (Lipinski definition) is 5. The zero-order valence-electron chi connectivity index (χ0n) is 13.1. The van der Waals surface area contributed by atoms with Gasteiger partial charge in [-0.15, -0.1) is 11.8 Å². The minimum absolute atomic E-state index is 0.0392. The predicted molar refractivity (Wildman–Crippen MR) is 88.2 cm³/mol. The molecular weight excluding hydrogens is 316 g/mol. The van der Waals surface area contributed by atoms with Crippen LogP contribution in [-0.4, -0.2) is 35.7 Å². The van der Waals surface area contributed by atoms with Crippen molar-refractivity contribution in [1.82, 2.24) is 5.32 Å². The average molecular weight is 336 g/mol. The van der Waals surface area contributed by atoms with Gasteiger partial charge in [-0.2, -0.15) is 0 Å². The molecule has 7 heteroatoms. The summed E-state index contributed by atoms with van der Waals surface area (Å²) in [5.41, 5.74) is 0.750. The normalized spacial score (nSPS) is 17.7. The molecule has 124 valence electrons. The SMILES string of the molecule is CC[C@H](C)NC(=O)COC(=O)C[C@@H]1Sc2ccccc2NC1=O. The maximum Gasteiger partial charge on any atom is 0.307 e. The Morgan fingerprint density at radius 2 is 2.13 bits per heavy atom. The number of carbonyl (C=O) groups is 3. The molecule has 0 saturated carbocycles. The Kier molecular flexibility index (Phi) is 6.04. The molecule has 0 fully saturated rings. The van der Waals surface area contributed by atoms with E-state index in [4.69, 9.17) is 4.74 Å². The molecule has 2 amide bonds. The highest BCUT2D eigenvalue weighted by molar-refractivity contribution is 8.01. The van der Waals surface area contributed by atoms with Crippen LogP contribution in [-0.2, 0) is 19.1 Å². The van der Waals surface area contributed by atoms with Crippen molar-refractivity contribution in [2.45, 2.75) is 42.9 Å². The first-order valence-corrected chi connectivity index (χ1v) is 8.39. The number of carbonyl (C=O) groups excluding carboxylic acids is 3. The van der Waals surface area contributed by atoms with Gasteiger partial charge in [-0.1, -0.05) is 19.1 Å². The highest BCUT2D eigenvalue weighted by atomic mass is 32.2. The van der Waals surface area contributed by atoms with Crippen LogP contribution in [0.15, 0.2) is 29.2 Å². The number of para-hydroxylation sites is 1. The molecule has 2 N–H and O–H groups in total. The summed E-state index contributed by atoms with van der Waals surface area (Å²) < 4.78 is 4.94. The topological polar surface area (TPSA) is 84.5 Å². The van der Waals surface area contributed by atoms with Crippen LogP contribution >= 0.6 is 11.8 Å². The maximum atomic E-state index is 12.0. The fourth-order valence-corrected chi connectivity index (χ4v) is 3.10. The summed E-state index contributed by atoms with van der Waals surface area (Å²) in [6.07, 6.45) is 0.736. The van der Waals surface area contributed by atoms with Crippen molar-refractivity contribution in [3.63, 3.8) is 0 Å². The number of anilines is 1. The summed E-state index contributed by atoms with van der Waals surface area (Å²) in [4.78, 5) is 36.3. The second-order valence-electron chi connectivity index (χ2n) is 5.33. The van der Waals surface area contributed by atoms with E-state index in [-0.39, 0.29) is 30.9 Å². The van der Waals surface area contributed by atoms with Crippen LogP contribution in [0.2, 0.25) is 0 Å². The van der Waals surface area contributed by atoms with E-state index in [1.165, 1.54) is 11.8 Å². The van der Waals surface area contributed by atoms with Crippen LogP contribution in [0, 0.1) is 0 Å². The monoisotopic (exact) mass is 336 g/mol. The lowest BCUT2D eigenvalue weighted by Gasteiger charge is -2.23. The minimum Gasteiger partial charge on any atom is -0.456 e. The highest BCUT2D eigenvalue weighted by Gasteiger charge is 2.29. The number of esters is 1. The van der Waals surface area contributed by atoms with Crippen LogP contribution in [0.4, 0.5) is 5.69 Å². The summed E-state index contributed by atoms with van der Waals surface area (Å²) in [5.74, 6) is -1.12. The average Bonchev–Trinajstić information content (AvgIpc) is 2.53. The van der Waals surface area contributed by atoms with E-state index in [0.717, 1.165) is 17.0 Å². The number of ether oxygens (including phenoxy) is 1. The van der Waals surface area contributed by atoms with Gasteiger partial charge < -0.3 is 15.4 Å². The summed E-state index contributed by atoms with van der Waals surface area (Å²) >= 11 is 1.33. The smallest absolute Gasteiger partial charge is 0.307 e. The highest BCUT2D eigenvalue weighted by Crippen LogP contribution is 2.36. The van der Waals surface area contributed by atoms with E-state index in [2.05, 4.69) is 10.6 Å². The van der Waals surface area contributed by atoms with E-state index in [9.17, 15) is 14.4 Å². The minimum atomic E-state index is -0.559.